The van der Waals surface area contributed by atoms with Crippen LogP contribution in [0, 0.1) is 44.2 Å². The van der Waals surface area contributed by atoms with Gasteiger partial charge >= 0.3 is 11.4 Å². The number of hydrogen-bond acceptors (Lipinski definition) is 6. The van der Waals surface area contributed by atoms with Crippen molar-refractivity contribution in [1.82, 2.24) is 0 Å². The summed E-state index contributed by atoms with van der Waals surface area (Å²) >= 11 is 5.65. The Morgan fingerprint density at radius 3 is 1.44 bits per heavy atom. The smallest absolute Gasteiger partial charge is 0.258 e. The SMILES string of the molecule is Cc1c(Cl)c([N+](=O)[O-])c(C)c([N+](=O)[O-])c1[N+](=O)[O-]. The van der Waals surface area contributed by atoms with Gasteiger partial charge in [-0.3, -0.25) is 30.3 Å². The first kappa shape index (κ1) is 13.8. The van der Waals surface area contributed by atoms with Gasteiger partial charge in [0.05, 0.1) is 20.3 Å². The van der Waals surface area contributed by atoms with Gasteiger partial charge in [0, 0.05) is 0 Å². The summed E-state index contributed by atoms with van der Waals surface area (Å²) in [5.41, 5.74) is -3.16. The van der Waals surface area contributed by atoms with Crippen LogP contribution in [0.15, 0.2) is 0 Å². The average Bonchev–Trinajstić information content (AvgIpc) is 2.21. The summed E-state index contributed by atoms with van der Waals surface area (Å²) in [6, 6.07) is 0. The number of nitro benzene ring substituents is 3. The van der Waals surface area contributed by atoms with Gasteiger partial charge in [-0.15, -0.1) is 0 Å². The van der Waals surface area contributed by atoms with Crippen molar-refractivity contribution in [3.63, 3.8) is 0 Å². The summed E-state index contributed by atoms with van der Waals surface area (Å²) in [6.45, 7) is 2.18. The Bertz CT molecular complexity index is 585. The zero-order valence-electron chi connectivity index (χ0n) is 9.17. The fraction of sp³-hybridized carbons (Fsp3) is 0.250. The van der Waals surface area contributed by atoms with E-state index in [1.54, 1.807) is 0 Å². The minimum Gasteiger partial charge on any atom is -0.258 e. The van der Waals surface area contributed by atoms with E-state index in [0.717, 1.165) is 13.8 Å². The first-order valence-electron chi connectivity index (χ1n) is 4.46. The molecule has 0 aliphatic heterocycles. The van der Waals surface area contributed by atoms with E-state index < -0.39 is 42.4 Å². The van der Waals surface area contributed by atoms with Crippen LogP contribution in [0.2, 0.25) is 5.02 Å². The Labute approximate surface area is 104 Å². The van der Waals surface area contributed by atoms with Crippen molar-refractivity contribution in [2.45, 2.75) is 13.8 Å². The largest absolute Gasteiger partial charge is 0.356 e. The quantitative estimate of drug-likeness (QED) is 0.615. The molecule has 0 saturated carbocycles. The van der Waals surface area contributed by atoms with Gasteiger partial charge in [0.15, 0.2) is 0 Å². The van der Waals surface area contributed by atoms with Crippen molar-refractivity contribution >= 4 is 28.7 Å². The third kappa shape index (κ3) is 1.95. The lowest BCUT2D eigenvalue weighted by Gasteiger charge is -2.05. The highest BCUT2D eigenvalue weighted by atomic mass is 35.5. The van der Waals surface area contributed by atoms with Crippen LogP contribution >= 0.6 is 11.6 Å². The van der Waals surface area contributed by atoms with Crippen LogP contribution in [0.3, 0.4) is 0 Å². The van der Waals surface area contributed by atoms with Gasteiger partial charge in [0.1, 0.15) is 10.6 Å². The third-order valence-electron chi connectivity index (χ3n) is 2.37. The Morgan fingerprint density at radius 1 is 0.778 bits per heavy atom. The highest BCUT2D eigenvalue weighted by molar-refractivity contribution is 6.34. The second kappa shape index (κ2) is 4.53. The predicted molar refractivity (Wildman–Crippen MR) is 60.9 cm³/mol. The highest BCUT2D eigenvalue weighted by Crippen LogP contribution is 2.44. The van der Waals surface area contributed by atoms with E-state index in [4.69, 9.17) is 11.6 Å². The Morgan fingerprint density at radius 2 is 1.11 bits per heavy atom. The van der Waals surface area contributed by atoms with E-state index >= 15 is 0 Å². The molecule has 0 saturated heterocycles. The topological polar surface area (TPSA) is 129 Å². The summed E-state index contributed by atoms with van der Waals surface area (Å²) in [5, 5.41) is 31.9. The molecular formula is C8H6ClN3O6. The van der Waals surface area contributed by atoms with Crippen molar-refractivity contribution in [3.05, 3.63) is 46.5 Å². The number of rotatable bonds is 3. The number of nitrogens with zero attached hydrogens (tertiary/aromatic N) is 3. The van der Waals surface area contributed by atoms with Crippen LogP contribution in [0.5, 0.6) is 0 Å². The molecule has 96 valence electrons. The van der Waals surface area contributed by atoms with E-state index in [1.165, 1.54) is 0 Å². The molecule has 10 heteroatoms. The number of halogens is 1. The van der Waals surface area contributed by atoms with Crippen LogP contribution < -0.4 is 0 Å². The standard InChI is InChI=1S/C8H6ClN3O6/c1-3-5(9)6(10(13)14)4(2)8(12(17)18)7(3)11(15)16/h1-2H3. The molecule has 1 aromatic carbocycles. The molecule has 1 rings (SSSR count). The molecule has 0 atom stereocenters. The minimum absolute atomic E-state index is 0.300. The molecule has 0 radical (unpaired) electrons. The lowest BCUT2D eigenvalue weighted by Crippen LogP contribution is -2.05. The van der Waals surface area contributed by atoms with Gasteiger partial charge in [-0.25, -0.2) is 0 Å². The van der Waals surface area contributed by atoms with Crippen molar-refractivity contribution in [3.8, 4) is 0 Å². The molecule has 9 nitrogen and oxygen atoms in total. The lowest BCUT2D eigenvalue weighted by atomic mass is 10.1. The average molecular weight is 276 g/mol. The van der Waals surface area contributed by atoms with Gasteiger partial charge in [-0.2, -0.15) is 0 Å². The Hall–Kier alpha value is -2.29. The molecule has 0 bridgehead atoms. The van der Waals surface area contributed by atoms with Gasteiger partial charge in [-0.1, -0.05) is 11.6 Å². The number of hydrogen-bond donors (Lipinski definition) is 0. The van der Waals surface area contributed by atoms with Gasteiger partial charge in [-0.05, 0) is 13.8 Å². The molecule has 18 heavy (non-hydrogen) atoms. The molecule has 0 unspecified atom stereocenters. The van der Waals surface area contributed by atoms with Crippen molar-refractivity contribution < 1.29 is 14.8 Å². The van der Waals surface area contributed by atoms with E-state index in [2.05, 4.69) is 0 Å². The maximum absolute atomic E-state index is 10.8. The van der Waals surface area contributed by atoms with Crippen LogP contribution in [0.4, 0.5) is 17.1 Å². The van der Waals surface area contributed by atoms with Gasteiger partial charge < -0.3 is 0 Å². The second-order valence-corrected chi connectivity index (χ2v) is 3.76. The molecule has 0 aliphatic rings. The summed E-state index contributed by atoms with van der Waals surface area (Å²) in [7, 11) is 0. The molecule has 0 fully saturated rings. The molecule has 0 amide bonds. The molecule has 0 aromatic heterocycles. The molecule has 1 aromatic rings. The normalized spacial score (nSPS) is 10.2. The van der Waals surface area contributed by atoms with E-state index in [0.29, 0.717) is 0 Å². The Balaban J connectivity index is 3.94. The van der Waals surface area contributed by atoms with Gasteiger partial charge in [0.2, 0.25) is 0 Å². The predicted octanol–water partition coefficient (Wildman–Crippen LogP) is 2.68. The second-order valence-electron chi connectivity index (χ2n) is 3.38. The molecule has 0 heterocycles. The fourth-order valence-electron chi connectivity index (χ4n) is 1.58. The fourth-order valence-corrected chi connectivity index (χ4v) is 1.88. The first-order chi connectivity index (χ1) is 8.20. The molecule has 0 aliphatic carbocycles. The maximum Gasteiger partial charge on any atom is 0.356 e. The summed E-state index contributed by atoms with van der Waals surface area (Å²) in [6.07, 6.45) is 0. The summed E-state index contributed by atoms with van der Waals surface area (Å²) in [5.74, 6) is 0. The van der Waals surface area contributed by atoms with Gasteiger partial charge in [0.25, 0.3) is 5.69 Å². The zero-order valence-corrected chi connectivity index (χ0v) is 9.93. The lowest BCUT2D eigenvalue weighted by molar-refractivity contribution is -0.425. The third-order valence-corrected chi connectivity index (χ3v) is 2.84. The van der Waals surface area contributed by atoms with Crippen LogP contribution in [-0.2, 0) is 0 Å². The van der Waals surface area contributed by atoms with Crippen LogP contribution in [0.25, 0.3) is 0 Å². The number of benzene rings is 1. The van der Waals surface area contributed by atoms with E-state index in [9.17, 15) is 30.3 Å². The summed E-state index contributed by atoms with van der Waals surface area (Å²) in [4.78, 5) is 29.5. The highest BCUT2D eigenvalue weighted by Gasteiger charge is 2.38. The Kier molecular flexibility index (Phi) is 3.47. The van der Waals surface area contributed by atoms with Crippen molar-refractivity contribution in [2.24, 2.45) is 0 Å². The molecule has 0 N–H and O–H groups in total. The molecular weight excluding hydrogens is 270 g/mol. The monoisotopic (exact) mass is 275 g/mol. The van der Waals surface area contributed by atoms with Crippen molar-refractivity contribution in [1.29, 1.82) is 0 Å². The van der Waals surface area contributed by atoms with Crippen molar-refractivity contribution in [2.75, 3.05) is 0 Å². The minimum atomic E-state index is -1.02. The van der Waals surface area contributed by atoms with Crippen LogP contribution in [0.1, 0.15) is 11.1 Å². The number of nitro groups is 3. The van der Waals surface area contributed by atoms with E-state index in [1.807, 2.05) is 0 Å². The van der Waals surface area contributed by atoms with E-state index in [-0.39, 0.29) is 5.56 Å². The maximum atomic E-state index is 10.8. The summed E-state index contributed by atoms with van der Waals surface area (Å²) < 4.78 is 0. The molecule has 0 spiro atoms. The van der Waals surface area contributed by atoms with Crippen LogP contribution in [-0.4, -0.2) is 14.8 Å². The first-order valence-corrected chi connectivity index (χ1v) is 4.83. The zero-order chi connectivity index (χ0) is 14.2.